The summed E-state index contributed by atoms with van der Waals surface area (Å²) in [5.74, 6) is 2.85. The molecule has 1 aliphatic rings. The number of nitrogens with one attached hydrogen (secondary N) is 1. The first-order valence-electron chi connectivity index (χ1n) is 16.9. The molecule has 0 unspecified atom stereocenters. The Kier molecular flexibility index (Phi) is 10.5. The lowest BCUT2D eigenvalue weighted by atomic mass is 10.2. The van der Waals surface area contributed by atoms with Crippen LogP contribution in [0.25, 0.3) is 11.4 Å². The number of benzene rings is 5. The standard InChI is InChI=1S/C42H34N6O5/c1-48-22-21-44-41(48)33-13-8-14-35(24-33)52-38-25-39(53-37-23-31(26-43)15-20-36(37)50-27-29-9-4-2-5-10-29)47-40(46-38)32-16-18-34(19-17-32)45-42(49)51-28-30-11-6-3-7-12-30/h2-20,23-25H,21-22,27-28H2,1H3,(H,45,49). The zero-order valence-electron chi connectivity index (χ0n) is 28.8. The average molecular weight is 703 g/mol. The third kappa shape index (κ3) is 8.95. The van der Waals surface area contributed by atoms with E-state index < -0.39 is 6.09 Å². The highest BCUT2D eigenvalue weighted by atomic mass is 16.5. The normalized spacial score (nSPS) is 12.0. The number of anilines is 1. The Bertz CT molecular complexity index is 2270. The molecule has 0 aliphatic carbocycles. The van der Waals surface area contributed by atoms with Crippen molar-refractivity contribution in [3.05, 3.63) is 156 Å². The Morgan fingerprint density at radius 2 is 1.47 bits per heavy atom. The Labute approximate surface area is 306 Å². The van der Waals surface area contributed by atoms with Crippen LogP contribution < -0.4 is 19.5 Å². The van der Waals surface area contributed by atoms with Crippen molar-refractivity contribution >= 4 is 17.6 Å². The fourth-order valence-electron chi connectivity index (χ4n) is 5.51. The molecule has 11 nitrogen and oxygen atoms in total. The van der Waals surface area contributed by atoms with E-state index in [1.165, 1.54) is 0 Å². The van der Waals surface area contributed by atoms with Crippen LogP contribution >= 0.6 is 0 Å². The third-order valence-corrected chi connectivity index (χ3v) is 8.18. The van der Waals surface area contributed by atoms with E-state index in [0.717, 1.165) is 35.6 Å². The van der Waals surface area contributed by atoms with Gasteiger partial charge in [-0.15, -0.1) is 0 Å². The lowest BCUT2D eigenvalue weighted by Crippen LogP contribution is -2.23. The van der Waals surface area contributed by atoms with Crippen LogP contribution in [0.1, 0.15) is 22.3 Å². The van der Waals surface area contributed by atoms with Gasteiger partial charge in [0, 0.05) is 36.5 Å². The van der Waals surface area contributed by atoms with Crippen LogP contribution in [0.15, 0.2) is 138 Å². The predicted molar refractivity (Wildman–Crippen MR) is 200 cm³/mol. The molecule has 0 saturated heterocycles. The summed E-state index contributed by atoms with van der Waals surface area (Å²) in [6.07, 6.45) is -0.578. The van der Waals surface area contributed by atoms with Crippen LogP contribution in [0.3, 0.4) is 0 Å². The first-order valence-corrected chi connectivity index (χ1v) is 16.9. The van der Waals surface area contributed by atoms with Crippen LogP contribution in [-0.2, 0) is 18.0 Å². The summed E-state index contributed by atoms with van der Waals surface area (Å²) in [5, 5.41) is 12.4. The van der Waals surface area contributed by atoms with E-state index in [1.807, 2.05) is 92.0 Å². The Hall–Kier alpha value is -7.19. The van der Waals surface area contributed by atoms with Crippen LogP contribution in [0.2, 0.25) is 0 Å². The first kappa shape index (κ1) is 34.3. The number of aliphatic imine (C=N–C) groups is 1. The summed E-state index contributed by atoms with van der Waals surface area (Å²) in [7, 11) is 2.01. The number of carbonyl (C=O) groups is 1. The molecule has 0 saturated carbocycles. The molecule has 0 atom stereocenters. The number of nitriles is 1. The molecule has 1 amide bonds. The maximum Gasteiger partial charge on any atom is 0.411 e. The second-order valence-corrected chi connectivity index (χ2v) is 12.0. The van der Waals surface area contributed by atoms with Crippen molar-refractivity contribution in [3.63, 3.8) is 0 Å². The van der Waals surface area contributed by atoms with Gasteiger partial charge < -0.3 is 23.8 Å². The second kappa shape index (κ2) is 16.2. The predicted octanol–water partition coefficient (Wildman–Crippen LogP) is 8.62. The van der Waals surface area contributed by atoms with Gasteiger partial charge in [0.2, 0.25) is 11.8 Å². The van der Waals surface area contributed by atoms with Gasteiger partial charge in [-0.2, -0.15) is 15.2 Å². The van der Waals surface area contributed by atoms with Crippen molar-refractivity contribution in [2.45, 2.75) is 13.2 Å². The van der Waals surface area contributed by atoms with Crippen molar-refractivity contribution in [1.82, 2.24) is 14.9 Å². The molecule has 0 spiro atoms. The maximum atomic E-state index is 12.5. The molecule has 1 N–H and O–H groups in total. The molecule has 53 heavy (non-hydrogen) atoms. The fourth-order valence-corrected chi connectivity index (χ4v) is 5.51. The Morgan fingerprint density at radius 3 is 2.17 bits per heavy atom. The number of hydrogen-bond donors (Lipinski definition) is 1. The minimum Gasteiger partial charge on any atom is -0.485 e. The minimum absolute atomic E-state index is 0.151. The van der Waals surface area contributed by atoms with Gasteiger partial charge >= 0.3 is 6.09 Å². The van der Waals surface area contributed by atoms with E-state index in [2.05, 4.69) is 21.3 Å². The quantitative estimate of drug-likeness (QED) is 0.133. The molecule has 11 heteroatoms. The van der Waals surface area contributed by atoms with Crippen LogP contribution in [0.4, 0.5) is 10.5 Å². The molecule has 262 valence electrons. The van der Waals surface area contributed by atoms with Crippen molar-refractivity contribution in [3.8, 4) is 46.5 Å². The summed E-state index contributed by atoms with van der Waals surface area (Å²) in [5.41, 5.74) is 4.33. The van der Waals surface area contributed by atoms with E-state index in [9.17, 15) is 10.1 Å². The number of nitrogens with zero attached hydrogens (tertiary/aromatic N) is 5. The monoisotopic (exact) mass is 702 g/mol. The number of ether oxygens (including phenoxy) is 4. The van der Waals surface area contributed by atoms with Gasteiger partial charge in [-0.25, -0.2) is 4.79 Å². The Morgan fingerprint density at radius 1 is 0.755 bits per heavy atom. The summed E-state index contributed by atoms with van der Waals surface area (Å²) in [6, 6.07) is 42.5. The number of aromatic nitrogens is 2. The van der Waals surface area contributed by atoms with E-state index in [-0.39, 0.29) is 18.4 Å². The second-order valence-electron chi connectivity index (χ2n) is 12.0. The van der Waals surface area contributed by atoms with Gasteiger partial charge in [0.15, 0.2) is 17.3 Å². The number of amidine groups is 1. The molecule has 2 heterocycles. The molecule has 6 aromatic rings. The van der Waals surface area contributed by atoms with Crippen molar-refractivity contribution < 1.29 is 23.7 Å². The van der Waals surface area contributed by atoms with E-state index in [4.69, 9.17) is 28.9 Å². The lowest BCUT2D eigenvalue weighted by Gasteiger charge is -2.15. The van der Waals surface area contributed by atoms with Gasteiger partial charge in [-0.05, 0) is 59.7 Å². The fraction of sp³-hybridized carbons (Fsp3) is 0.119. The van der Waals surface area contributed by atoms with Gasteiger partial charge in [-0.1, -0.05) is 72.8 Å². The topological polar surface area (TPSA) is 131 Å². The van der Waals surface area contributed by atoms with Crippen molar-refractivity contribution in [2.75, 3.05) is 25.5 Å². The maximum absolute atomic E-state index is 12.5. The van der Waals surface area contributed by atoms with Crippen LogP contribution in [-0.4, -0.2) is 46.9 Å². The van der Waals surface area contributed by atoms with Crippen molar-refractivity contribution in [1.29, 1.82) is 5.26 Å². The van der Waals surface area contributed by atoms with Crippen LogP contribution in [0.5, 0.6) is 29.0 Å². The molecule has 5 aromatic carbocycles. The highest BCUT2D eigenvalue weighted by molar-refractivity contribution is 5.99. The smallest absolute Gasteiger partial charge is 0.411 e. The number of rotatable bonds is 12. The van der Waals surface area contributed by atoms with Gasteiger partial charge in [0.25, 0.3) is 0 Å². The molecule has 0 bridgehead atoms. The van der Waals surface area contributed by atoms with Gasteiger partial charge in [0.05, 0.1) is 24.2 Å². The Balaban J connectivity index is 1.16. The van der Waals surface area contributed by atoms with E-state index in [1.54, 1.807) is 48.5 Å². The molecular weight excluding hydrogens is 668 g/mol. The third-order valence-electron chi connectivity index (χ3n) is 8.18. The molecule has 1 aliphatic heterocycles. The number of carbonyl (C=O) groups excluding carboxylic acids is 1. The zero-order valence-corrected chi connectivity index (χ0v) is 28.8. The minimum atomic E-state index is -0.578. The highest BCUT2D eigenvalue weighted by Crippen LogP contribution is 2.35. The van der Waals surface area contributed by atoms with Crippen molar-refractivity contribution in [2.24, 2.45) is 4.99 Å². The van der Waals surface area contributed by atoms with E-state index in [0.29, 0.717) is 46.5 Å². The molecule has 7 rings (SSSR count). The SMILES string of the molecule is CN1CCN=C1c1cccc(Oc2cc(Oc3cc(C#N)ccc3OCc3ccccc3)nc(-c3ccc(NC(=O)OCc4ccccc4)cc3)n2)c1. The summed E-state index contributed by atoms with van der Waals surface area (Å²) in [4.78, 5) is 28.6. The van der Waals surface area contributed by atoms with Gasteiger partial charge in [0.1, 0.15) is 24.8 Å². The lowest BCUT2D eigenvalue weighted by molar-refractivity contribution is 0.155. The molecular formula is C42H34N6O5. The van der Waals surface area contributed by atoms with Crippen LogP contribution in [0, 0.1) is 11.3 Å². The number of amides is 1. The number of likely N-dealkylation sites (N-methyl/N-ethyl adjacent to an activating group) is 1. The average Bonchev–Trinajstić information content (AvgIpc) is 3.63. The summed E-state index contributed by atoms with van der Waals surface area (Å²) in [6.45, 7) is 2.03. The zero-order chi connectivity index (χ0) is 36.4. The molecule has 0 radical (unpaired) electrons. The first-order chi connectivity index (χ1) is 26.0. The largest absolute Gasteiger partial charge is 0.485 e. The molecule has 1 aromatic heterocycles. The highest BCUT2D eigenvalue weighted by Gasteiger charge is 2.17. The van der Waals surface area contributed by atoms with Gasteiger partial charge in [-0.3, -0.25) is 10.3 Å². The van der Waals surface area contributed by atoms with E-state index >= 15 is 0 Å². The number of hydrogen-bond acceptors (Lipinski definition) is 10. The molecule has 0 fully saturated rings. The summed E-state index contributed by atoms with van der Waals surface area (Å²) < 4.78 is 24.1. The summed E-state index contributed by atoms with van der Waals surface area (Å²) >= 11 is 0.